The molecule has 2 aromatic carbocycles. The largest absolute Gasteiger partial charge is 0.491 e. The quantitative estimate of drug-likeness (QED) is 0.350. The van der Waals surface area contributed by atoms with Gasteiger partial charge < -0.3 is 20.5 Å². The second-order valence-electron chi connectivity index (χ2n) is 6.55. The van der Waals surface area contributed by atoms with E-state index in [1.54, 1.807) is 6.07 Å². The van der Waals surface area contributed by atoms with Gasteiger partial charge in [-0.05, 0) is 54.3 Å². The van der Waals surface area contributed by atoms with Gasteiger partial charge in [0.2, 0.25) is 5.95 Å². The topological polar surface area (TPSA) is 96.4 Å². The van der Waals surface area contributed by atoms with Gasteiger partial charge in [-0.25, -0.2) is 9.78 Å². The Labute approximate surface area is 186 Å². The summed E-state index contributed by atoms with van der Waals surface area (Å²) in [5.41, 5.74) is 2.63. The minimum absolute atomic E-state index is 0.151. The Morgan fingerprint density at radius 3 is 2.59 bits per heavy atom. The molecule has 3 aromatic rings. The molecule has 0 amide bonds. The summed E-state index contributed by atoms with van der Waals surface area (Å²) in [7, 11) is 1.00. The van der Waals surface area contributed by atoms with E-state index in [9.17, 15) is 18.0 Å². The van der Waals surface area contributed by atoms with Crippen molar-refractivity contribution in [1.29, 1.82) is 0 Å². The first kappa shape index (κ1) is 23.3. The highest BCUT2D eigenvalue weighted by Gasteiger charge is 2.41. The number of nitrogens with one attached hydrogen (secondary N) is 2. The lowest BCUT2D eigenvalue weighted by Crippen LogP contribution is -2.28. The van der Waals surface area contributed by atoms with E-state index < -0.39 is 12.1 Å². The van der Waals surface area contributed by atoms with E-state index in [0.29, 0.717) is 35.9 Å². The highest BCUT2D eigenvalue weighted by molar-refractivity contribution is 6.32. The Hall–Kier alpha value is -3.37. The molecular weight excluding hydrogens is 449 g/mol. The lowest BCUT2D eigenvalue weighted by Gasteiger charge is -2.14. The first-order valence-corrected chi connectivity index (χ1v) is 9.68. The van der Waals surface area contributed by atoms with E-state index in [0.717, 1.165) is 18.4 Å². The molecule has 1 aliphatic heterocycles. The third-order valence-electron chi connectivity index (χ3n) is 4.37. The normalized spacial score (nSPS) is 12.4. The van der Waals surface area contributed by atoms with E-state index >= 15 is 0 Å². The standard InChI is InChI=1S/C20H14ClF3N4O2.CH4O/c21-15-10-25-19-27-13-3-1-2-11(8-13)4-5-12-9-14(26-17(15)28-19)6-7-16(12)30-18(29)20(22,23)24;1-2/h1-3,6-10H,4-5H2,(H2,25,26,27,28);2H,1H3. The number of benzene rings is 2. The summed E-state index contributed by atoms with van der Waals surface area (Å²) in [6.07, 6.45) is -2.80. The van der Waals surface area contributed by atoms with Crippen molar-refractivity contribution in [2.24, 2.45) is 0 Å². The maximum atomic E-state index is 12.7. The molecule has 3 N–H and O–H groups in total. The fraction of sp³-hybridized carbons (Fsp3) is 0.190. The fourth-order valence-corrected chi connectivity index (χ4v) is 3.11. The van der Waals surface area contributed by atoms with E-state index in [1.165, 1.54) is 18.3 Å². The summed E-state index contributed by atoms with van der Waals surface area (Å²) in [6, 6.07) is 11.8. The molecular formula is C21H18ClF3N4O3. The molecule has 4 rings (SSSR count). The van der Waals surface area contributed by atoms with Crippen LogP contribution in [0.2, 0.25) is 5.02 Å². The zero-order valence-electron chi connectivity index (χ0n) is 16.7. The van der Waals surface area contributed by atoms with Gasteiger partial charge in [-0.2, -0.15) is 18.2 Å². The molecule has 32 heavy (non-hydrogen) atoms. The summed E-state index contributed by atoms with van der Waals surface area (Å²) in [5, 5.41) is 13.4. The lowest BCUT2D eigenvalue weighted by atomic mass is 10.0. The van der Waals surface area contributed by atoms with E-state index in [1.807, 2.05) is 24.3 Å². The molecule has 0 fully saturated rings. The fourth-order valence-electron chi connectivity index (χ4n) is 2.97. The molecule has 0 saturated heterocycles. The summed E-state index contributed by atoms with van der Waals surface area (Å²) < 4.78 is 42.6. The van der Waals surface area contributed by atoms with Crippen molar-refractivity contribution < 1.29 is 27.8 Å². The van der Waals surface area contributed by atoms with Crippen LogP contribution in [0.1, 0.15) is 11.1 Å². The molecule has 0 spiro atoms. The molecule has 168 valence electrons. The third kappa shape index (κ3) is 5.65. The number of carbonyl (C=O) groups excluding carboxylic acids is 1. The number of aromatic nitrogens is 2. The van der Waals surface area contributed by atoms with Gasteiger partial charge in [0, 0.05) is 18.5 Å². The number of fused-ring (bicyclic) bond motifs is 6. The number of esters is 1. The van der Waals surface area contributed by atoms with Gasteiger partial charge in [-0.1, -0.05) is 23.7 Å². The zero-order chi connectivity index (χ0) is 23.3. The number of carbonyl (C=O) groups is 1. The minimum atomic E-state index is -5.09. The van der Waals surface area contributed by atoms with Crippen molar-refractivity contribution in [2.75, 3.05) is 17.7 Å². The average Bonchev–Trinajstić information content (AvgIpc) is 2.77. The molecule has 0 aliphatic carbocycles. The smallest absolute Gasteiger partial charge is 0.420 e. The lowest BCUT2D eigenvalue weighted by molar-refractivity contribution is -0.189. The number of nitrogens with zero attached hydrogens (tertiary/aromatic N) is 2. The Bertz CT molecular complexity index is 1130. The molecule has 1 aromatic heterocycles. The number of anilines is 4. The molecule has 11 heteroatoms. The van der Waals surface area contributed by atoms with Crippen LogP contribution in [-0.4, -0.2) is 34.3 Å². The van der Waals surface area contributed by atoms with Gasteiger partial charge in [-0.15, -0.1) is 0 Å². The highest BCUT2D eigenvalue weighted by Crippen LogP contribution is 2.31. The predicted molar refractivity (Wildman–Crippen MR) is 114 cm³/mol. The first-order chi connectivity index (χ1) is 15.3. The number of hydrogen-bond donors (Lipinski definition) is 3. The van der Waals surface area contributed by atoms with Gasteiger partial charge >= 0.3 is 12.1 Å². The van der Waals surface area contributed by atoms with Gasteiger partial charge in [0.25, 0.3) is 0 Å². The number of aliphatic hydroxyl groups is 1. The van der Waals surface area contributed by atoms with E-state index in [-0.39, 0.29) is 10.8 Å². The van der Waals surface area contributed by atoms with Crippen molar-refractivity contribution in [1.82, 2.24) is 9.97 Å². The number of aliphatic hydroxyl groups excluding tert-OH is 1. The Kier molecular flexibility index (Phi) is 7.16. The number of hydrogen-bond acceptors (Lipinski definition) is 7. The van der Waals surface area contributed by atoms with Crippen molar-refractivity contribution in [2.45, 2.75) is 19.0 Å². The number of ether oxygens (including phenoxy) is 1. The van der Waals surface area contributed by atoms with Gasteiger partial charge in [0.1, 0.15) is 10.8 Å². The van der Waals surface area contributed by atoms with Crippen molar-refractivity contribution in [3.05, 3.63) is 64.8 Å². The van der Waals surface area contributed by atoms with Crippen LogP contribution in [0.15, 0.2) is 48.7 Å². The Balaban J connectivity index is 0.00000141. The molecule has 1 aliphatic rings. The van der Waals surface area contributed by atoms with Crippen LogP contribution >= 0.6 is 11.6 Å². The molecule has 0 saturated carbocycles. The van der Waals surface area contributed by atoms with Crippen LogP contribution in [0.5, 0.6) is 5.75 Å². The molecule has 0 unspecified atom stereocenters. The summed E-state index contributed by atoms with van der Waals surface area (Å²) in [6.45, 7) is 0. The van der Waals surface area contributed by atoms with Crippen LogP contribution in [0.3, 0.4) is 0 Å². The minimum Gasteiger partial charge on any atom is -0.420 e. The maximum absolute atomic E-state index is 12.7. The average molecular weight is 467 g/mol. The third-order valence-corrected chi connectivity index (χ3v) is 4.64. The summed E-state index contributed by atoms with van der Waals surface area (Å²) >= 11 is 6.17. The molecule has 6 bridgehead atoms. The van der Waals surface area contributed by atoms with E-state index in [4.69, 9.17) is 16.7 Å². The second kappa shape index (κ2) is 9.84. The van der Waals surface area contributed by atoms with Crippen molar-refractivity contribution in [3.63, 3.8) is 0 Å². The van der Waals surface area contributed by atoms with Gasteiger partial charge in [0.05, 0.1) is 6.20 Å². The monoisotopic (exact) mass is 466 g/mol. The summed E-state index contributed by atoms with van der Waals surface area (Å²) in [5.74, 6) is -1.77. The van der Waals surface area contributed by atoms with Gasteiger partial charge in [-0.3, -0.25) is 0 Å². The molecule has 0 atom stereocenters. The summed E-state index contributed by atoms with van der Waals surface area (Å²) in [4.78, 5) is 19.8. The van der Waals surface area contributed by atoms with Crippen LogP contribution in [-0.2, 0) is 17.6 Å². The van der Waals surface area contributed by atoms with Crippen LogP contribution < -0.4 is 15.4 Å². The van der Waals surface area contributed by atoms with E-state index in [2.05, 4.69) is 25.3 Å². The SMILES string of the molecule is CO.O=C(Oc1ccc2cc1CCc1cccc(c1)Nc1ncc(Cl)c(n1)N2)C(F)(F)F. The highest BCUT2D eigenvalue weighted by atomic mass is 35.5. The second-order valence-corrected chi connectivity index (χ2v) is 6.96. The number of aryl methyl sites for hydroxylation is 2. The predicted octanol–water partition coefficient (Wildman–Crippen LogP) is 4.79. The zero-order valence-corrected chi connectivity index (χ0v) is 17.5. The molecule has 0 radical (unpaired) electrons. The van der Waals surface area contributed by atoms with Gasteiger partial charge in [0.15, 0.2) is 5.82 Å². The van der Waals surface area contributed by atoms with Crippen molar-refractivity contribution in [3.8, 4) is 5.75 Å². The molecule has 7 nitrogen and oxygen atoms in total. The van der Waals surface area contributed by atoms with Crippen LogP contribution in [0.4, 0.5) is 36.3 Å². The maximum Gasteiger partial charge on any atom is 0.491 e. The molecule has 2 heterocycles. The number of halogens is 4. The van der Waals surface area contributed by atoms with Crippen LogP contribution in [0, 0.1) is 0 Å². The first-order valence-electron chi connectivity index (χ1n) is 9.30. The van der Waals surface area contributed by atoms with Crippen molar-refractivity contribution >= 4 is 40.7 Å². The number of alkyl halides is 3. The Morgan fingerprint density at radius 1 is 1.09 bits per heavy atom. The van der Waals surface area contributed by atoms with Crippen LogP contribution in [0.25, 0.3) is 0 Å². The Morgan fingerprint density at radius 2 is 1.84 bits per heavy atom. The number of rotatable bonds is 1.